The minimum atomic E-state index is -5.08. The first-order chi connectivity index (χ1) is 52.8. The third kappa shape index (κ3) is 77.2. The molecule has 0 radical (unpaired) electrons. The van der Waals surface area contributed by atoms with Crippen LogP contribution in [0.3, 0.4) is 0 Å². The molecule has 0 aliphatic heterocycles. The van der Waals surface area contributed by atoms with Gasteiger partial charge in [-0.15, -0.1) is 0 Å². The normalized spacial score (nSPS) is 11.9. The summed E-state index contributed by atoms with van der Waals surface area (Å²) in [6.07, 6.45) is 30.5. The number of rotatable bonds is 65. The smallest absolute Gasteiger partial charge is 0.475 e. The van der Waals surface area contributed by atoms with E-state index in [9.17, 15) is 73.1 Å². The Labute approximate surface area is 655 Å². The van der Waals surface area contributed by atoms with Crippen molar-refractivity contribution < 1.29 is 103 Å². The predicted molar refractivity (Wildman–Crippen MR) is 414 cm³/mol. The van der Waals surface area contributed by atoms with Crippen LogP contribution in [0.1, 0.15) is 309 Å². The van der Waals surface area contributed by atoms with Gasteiger partial charge in [0.15, 0.2) is 17.9 Å². The van der Waals surface area contributed by atoms with Gasteiger partial charge < -0.3 is 86.9 Å². The Bertz CT molecular complexity index is 2500. The average molecular weight is 1630 g/mol. The van der Waals surface area contributed by atoms with E-state index >= 15 is 0 Å². The number of aliphatic carboxylic acids is 3. The fraction of sp³-hybridized carbons (Fsp3) is 0.824. The average Bonchev–Trinajstić information content (AvgIpc) is 0.873. The first kappa shape index (κ1) is 110. The Hall–Kier alpha value is -8.12. The van der Waals surface area contributed by atoms with Crippen LogP contribution in [0, 0.1) is 0 Å². The lowest BCUT2D eigenvalue weighted by Crippen LogP contribution is -2.56. The highest BCUT2D eigenvalue weighted by Crippen LogP contribution is 2.19. The predicted octanol–water partition coefficient (Wildman–Crippen LogP) is 10.7. The Morgan fingerprint density at radius 1 is 0.321 bits per heavy atom. The van der Waals surface area contributed by atoms with E-state index in [1.54, 1.807) is 4.90 Å². The summed E-state index contributed by atoms with van der Waals surface area (Å²) in [4.78, 5) is 134. The molecule has 0 bridgehead atoms. The first-order valence-corrected chi connectivity index (χ1v) is 39.9. The molecule has 0 spiro atoms. The molecule has 0 unspecified atom stereocenters. The summed E-state index contributed by atoms with van der Waals surface area (Å²) in [6.45, 7) is 6.38. The lowest BCUT2D eigenvalue weighted by molar-refractivity contribution is -0.193. The highest BCUT2D eigenvalue weighted by Gasteiger charge is 2.40. The van der Waals surface area contributed by atoms with Gasteiger partial charge in [-0.1, -0.05) is 219 Å². The molecule has 0 fully saturated rings. The third-order valence-electron chi connectivity index (χ3n) is 17.3. The minimum Gasteiger partial charge on any atom is -0.475 e. The second kappa shape index (κ2) is 71.9. The first-order valence-electron chi connectivity index (χ1n) is 39.9. The number of guanidine groups is 3. The van der Waals surface area contributed by atoms with Crippen LogP contribution in [-0.4, -0.2) is 180 Å². The Balaban J connectivity index is -0.00000241. The highest BCUT2D eigenvalue weighted by molar-refractivity contribution is 5.94. The number of hydrogen-bond acceptors (Lipinski definition) is 13. The van der Waals surface area contributed by atoms with Crippen LogP contribution in [0.5, 0.6) is 0 Å². The number of alkyl halides is 9. The summed E-state index contributed by atoms with van der Waals surface area (Å²) in [6, 6.07) is -3.52. The number of unbranched alkanes of at least 4 members (excludes halogenated alkanes) is 32. The van der Waals surface area contributed by atoms with Crippen molar-refractivity contribution in [2.75, 3.05) is 45.8 Å². The molecular formula is C74H137F9N16O13. The number of amides is 7. The van der Waals surface area contributed by atoms with E-state index in [1.807, 2.05) is 0 Å². The van der Waals surface area contributed by atoms with Crippen molar-refractivity contribution in [3.05, 3.63) is 0 Å². The molecule has 0 saturated carbocycles. The van der Waals surface area contributed by atoms with E-state index in [4.69, 9.17) is 69.8 Å². The lowest BCUT2D eigenvalue weighted by Gasteiger charge is -2.25. The van der Waals surface area contributed by atoms with Gasteiger partial charge in [0.2, 0.25) is 41.4 Å². The van der Waals surface area contributed by atoms with Crippen LogP contribution in [0.25, 0.3) is 0 Å². The maximum Gasteiger partial charge on any atom is 0.490 e. The molecule has 38 heteroatoms. The van der Waals surface area contributed by atoms with E-state index in [0.29, 0.717) is 58.3 Å². The van der Waals surface area contributed by atoms with Gasteiger partial charge >= 0.3 is 36.4 Å². The largest absolute Gasteiger partial charge is 0.490 e. The topological polar surface area (TPSA) is 514 Å². The molecule has 29 nitrogen and oxygen atoms in total. The number of primary amides is 1. The molecule has 7 amide bonds. The van der Waals surface area contributed by atoms with E-state index in [-0.39, 0.29) is 100 Å². The van der Waals surface area contributed by atoms with Crippen LogP contribution in [0.15, 0.2) is 15.0 Å². The SMILES string of the molecule is CCCCCCCCCCCCCCCCCCCC(=O)NCCCN(CCCNC(=O)CCCCCCCCCCCCCCCCCCC)C(=O)CCC(=O)N[C@@H](CCCN=C(N)N)C(=O)N[C@@H](CCCN=C(N)N)C(=O)N[C@@H](CCCN=C(N)N)C(N)=O.O=C(O)C(F)(F)F.O=C(O)C(F)(F)F.O=C(O)C(F)(F)F. The van der Waals surface area contributed by atoms with Crippen LogP contribution >= 0.6 is 0 Å². The number of carbonyl (C=O) groups excluding carboxylic acids is 7. The number of nitrogens with zero attached hydrogens (tertiary/aromatic N) is 4. The third-order valence-corrected chi connectivity index (χ3v) is 17.3. The number of halogens is 9. The van der Waals surface area contributed by atoms with Crippen LogP contribution in [0.4, 0.5) is 39.5 Å². The van der Waals surface area contributed by atoms with Gasteiger partial charge in [0.1, 0.15) is 18.1 Å². The van der Waals surface area contributed by atoms with Crippen molar-refractivity contribution in [1.29, 1.82) is 0 Å². The van der Waals surface area contributed by atoms with Gasteiger partial charge in [0, 0.05) is 71.5 Å². The van der Waals surface area contributed by atoms with Crippen molar-refractivity contribution in [1.82, 2.24) is 31.5 Å². The van der Waals surface area contributed by atoms with E-state index in [2.05, 4.69) is 55.4 Å². The fourth-order valence-electron chi connectivity index (χ4n) is 11.1. The molecular weight excluding hydrogens is 1490 g/mol. The lowest BCUT2D eigenvalue weighted by atomic mass is 10.0. The zero-order valence-electron chi connectivity index (χ0n) is 66.4. The molecule has 3 atom stereocenters. The highest BCUT2D eigenvalue weighted by atomic mass is 19.4. The van der Waals surface area contributed by atoms with Gasteiger partial charge in [-0.25, -0.2) is 14.4 Å². The number of carboxylic acids is 3. The molecule has 0 aromatic carbocycles. The van der Waals surface area contributed by atoms with Crippen molar-refractivity contribution in [3.8, 4) is 0 Å². The van der Waals surface area contributed by atoms with Gasteiger partial charge in [-0.05, 0) is 64.2 Å². The number of nitrogens with two attached hydrogens (primary N) is 7. The van der Waals surface area contributed by atoms with Gasteiger partial charge in [0.05, 0.1) is 0 Å². The standard InChI is InChI=1S/C68H134N16O7.3C2HF3O2/c1-3-5-7-9-11-13-15-17-19-21-23-25-27-29-31-33-35-45-59(85)76-52-40-54-84(55-41-53-77-60(86)46-36-34-32-30-28-26-24-22-20-18-16-14-12-10-8-6-4-2)62(88)48-47-61(87)81-57(43-38-50-79-67(72)73)64(90)83-58(44-39-51-80-68(74)75)65(91)82-56(63(69)89)42-37-49-78-66(70)71;3*3-2(4,5)1(6)7/h56-58H,3-55H2,1-2H3,(H2,69,89)(H,76,85)(H,77,86)(H,81,87)(H,82,91)(H,83,90)(H4,70,71,78)(H4,72,73,79)(H4,74,75,80);3*(H,6,7)/t56-,57-,58-;;;/m0.../s1. The Morgan fingerprint density at radius 3 is 0.812 bits per heavy atom. The quantitative estimate of drug-likeness (QED) is 0.0116. The van der Waals surface area contributed by atoms with E-state index in [0.717, 1.165) is 38.5 Å². The molecule has 0 aromatic rings. The van der Waals surface area contributed by atoms with Crippen LogP contribution < -0.4 is 66.7 Å². The van der Waals surface area contributed by atoms with Crippen molar-refractivity contribution in [2.45, 2.75) is 346 Å². The number of nitrogens with one attached hydrogen (secondary N) is 5. The number of carboxylic acid groups (broad SMARTS) is 3. The maximum atomic E-state index is 14.1. The van der Waals surface area contributed by atoms with Gasteiger partial charge in [0.25, 0.3) is 0 Å². The Kier molecular flexibility index (Phi) is 70.7. The monoisotopic (exact) mass is 1630 g/mol. The molecule has 0 heterocycles. The summed E-state index contributed by atoms with van der Waals surface area (Å²) in [5.74, 6) is -11.9. The second-order valence-corrected chi connectivity index (χ2v) is 27.5. The van der Waals surface area contributed by atoms with E-state index < -0.39 is 78.2 Å². The molecule has 0 aromatic heterocycles. The maximum absolute atomic E-state index is 14.1. The molecule has 654 valence electrons. The fourth-order valence-corrected chi connectivity index (χ4v) is 11.1. The molecule has 0 rings (SSSR count). The zero-order valence-corrected chi connectivity index (χ0v) is 66.4. The molecule has 112 heavy (non-hydrogen) atoms. The van der Waals surface area contributed by atoms with Crippen LogP contribution in [0.2, 0.25) is 0 Å². The number of hydrogen-bond donors (Lipinski definition) is 15. The molecule has 0 aliphatic rings. The van der Waals surface area contributed by atoms with Gasteiger partial charge in [-0.2, -0.15) is 39.5 Å². The van der Waals surface area contributed by atoms with E-state index in [1.165, 1.54) is 180 Å². The number of carbonyl (C=O) groups is 10. The van der Waals surface area contributed by atoms with Gasteiger partial charge in [-0.3, -0.25) is 48.5 Å². The summed E-state index contributed by atoms with van der Waals surface area (Å²) in [5, 5.41) is 35.5. The number of aliphatic imine (C=N–C) groups is 3. The summed E-state index contributed by atoms with van der Waals surface area (Å²) < 4.78 is 95.2. The van der Waals surface area contributed by atoms with Crippen molar-refractivity contribution in [2.24, 2.45) is 55.1 Å². The van der Waals surface area contributed by atoms with Crippen molar-refractivity contribution >= 4 is 77.1 Å². The molecule has 0 saturated heterocycles. The summed E-state index contributed by atoms with van der Waals surface area (Å²) >= 11 is 0. The van der Waals surface area contributed by atoms with Crippen molar-refractivity contribution in [3.63, 3.8) is 0 Å². The summed E-state index contributed by atoms with van der Waals surface area (Å²) in [5.41, 5.74) is 38.6. The minimum absolute atomic E-state index is 0.0153. The van der Waals surface area contributed by atoms with Crippen LogP contribution in [-0.2, 0) is 47.9 Å². The summed E-state index contributed by atoms with van der Waals surface area (Å²) in [7, 11) is 0. The molecule has 0 aliphatic carbocycles. The Morgan fingerprint density at radius 2 is 0.562 bits per heavy atom. The zero-order chi connectivity index (χ0) is 85.4. The molecule has 22 N–H and O–H groups in total. The second-order valence-electron chi connectivity index (χ2n) is 27.5.